The van der Waals surface area contributed by atoms with E-state index in [4.69, 9.17) is 5.73 Å². The van der Waals surface area contributed by atoms with Gasteiger partial charge in [-0.05, 0) is 12.8 Å². The molecule has 0 bridgehead atoms. The van der Waals surface area contributed by atoms with Crippen LogP contribution in [0.2, 0.25) is 0 Å². The molecule has 0 aromatic carbocycles. The summed E-state index contributed by atoms with van der Waals surface area (Å²) in [6, 6.07) is 0. The number of allylic oxidation sites excluding steroid dienone is 4. The van der Waals surface area contributed by atoms with Gasteiger partial charge in [-0.15, -0.1) is 6.92 Å². The van der Waals surface area contributed by atoms with E-state index in [0.717, 1.165) is 12.8 Å². The summed E-state index contributed by atoms with van der Waals surface area (Å²) in [4.78, 5) is 10.4. The van der Waals surface area contributed by atoms with Crippen molar-refractivity contribution in [3.63, 3.8) is 0 Å². The van der Waals surface area contributed by atoms with Gasteiger partial charge in [0.15, 0.2) is 0 Å². The van der Waals surface area contributed by atoms with Gasteiger partial charge < -0.3 is 10.5 Å². The molecule has 0 aromatic rings. The third kappa shape index (κ3) is 18.4. The molecule has 0 radical (unpaired) electrons. The average molecular weight is 452 g/mol. The van der Waals surface area contributed by atoms with Crippen molar-refractivity contribution in [1.82, 2.24) is 0 Å². The van der Waals surface area contributed by atoms with Crippen molar-refractivity contribution >= 4 is 5.91 Å². The van der Waals surface area contributed by atoms with Crippen LogP contribution in [0.3, 0.4) is 0 Å². The number of unbranched alkanes of at least 4 members (excludes halogenated alkanes) is 14. The molecular weight excluding hydrogens is 402 g/mol. The summed E-state index contributed by atoms with van der Waals surface area (Å²) < 4.78 is 0. The van der Waals surface area contributed by atoms with Gasteiger partial charge in [0, 0.05) is 5.91 Å². The molecule has 0 spiro atoms. The number of carbonyl (C=O) groups is 1. The molecule has 2 nitrogen and oxygen atoms in total. The van der Waals surface area contributed by atoms with Crippen molar-refractivity contribution in [3.8, 4) is 0 Å². The maximum Gasteiger partial charge on any atom is 2.00 e. The molecule has 1 rings (SSSR count). The molecule has 0 saturated carbocycles. The Labute approximate surface area is 203 Å². The van der Waals surface area contributed by atoms with Gasteiger partial charge in [-0.2, -0.15) is 11.1 Å². The van der Waals surface area contributed by atoms with E-state index in [1.165, 1.54) is 100 Å². The zero-order valence-electron chi connectivity index (χ0n) is 20.8. The van der Waals surface area contributed by atoms with Crippen molar-refractivity contribution < 1.29 is 26.5 Å². The van der Waals surface area contributed by atoms with Gasteiger partial charge in [0.2, 0.25) is 0 Å². The van der Waals surface area contributed by atoms with Crippen molar-refractivity contribution in [3.05, 3.63) is 28.5 Å². The van der Waals surface area contributed by atoms with E-state index >= 15 is 0 Å². The number of carbonyl (C=O) groups excluding carboxylic acids is 1. The van der Waals surface area contributed by atoms with Crippen molar-refractivity contribution in [2.45, 2.75) is 137 Å². The Kier molecular flexibility index (Phi) is 23.2. The molecule has 1 unspecified atom stereocenters. The van der Waals surface area contributed by atoms with Crippen LogP contribution < -0.4 is 0 Å². The van der Waals surface area contributed by atoms with Gasteiger partial charge in [-0.25, -0.2) is 5.57 Å². The zero-order chi connectivity index (χ0) is 21.9. The minimum atomic E-state index is -0.403. The van der Waals surface area contributed by atoms with Crippen LogP contribution in [-0.2, 0) is 26.5 Å². The molecule has 0 fully saturated rings. The minimum absolute atomic E-state index is 0. The standard InChI is InChI=1S/C18H37NO.C9H13.Ti/c1-2-3-4-5-6-7-8-9-10-11-12-13-14-15-16-17-18(19)20;1-6-5-7(2)9(4)8(6)3;/h2-17H2,1H3,(H2,19,20);6H,1-4H3;/q;-1;+2/p-1. The summed E-state index contributed by atoms with van der Waals surface area (Å²) in [6.07, 6.45) is 23.9. The molecule has 0 saturated heterocycles. The molecule has 0 aromatic heterocycles. The SMILES string of the molecule is CC1=[C-]C(C)C(C)=C1C.CCCCCCCCCCCCCCCCCC([NH-])=O.[Ti+2]. The number of amides is 1. The summed E-state index contributed by atoms with van der Waals surface area (Å²) in [5.41, 5.74) is 11.1. The van der Waals surface area contributed by atoms with Crippen molar-refractivity contribution in [1.29, 1.82) is 0 Å². The van der Waals surface area contributed by atoms with E-state index in [2.05, 4.69) is 40.7 Å². The second kappa shape index (κ2) is 21.9. The van der Waals surface area contributed by atoms with Gasteiger partial charge in [0.25, 0.3) is 0 Å². The number of hydrogen-bond acceptors (Lipinski definition) is 1. The Balaban J connectivity index is 0. The van der Waals surface area contributed by atoms with Crippen LogP contribution in [0.25, 0.3) is 5.73 Å². The Morgan fingerprint density at radius 1 is 0.767 bits per heavy atom. The minimum Gasteiger partial charge on any atom is -0.668 e. The molecule has 30 heavy (non-hydrogen) atoms. The van der Waals surface area contributed by atoms with E-state index in [9.17, 15) is 4.79 Å². The predicted molar refractivity (Wildman–Crippen MR) is 129 cm³/mol. The number of hydrogen-bond donors (Lipinski definition) is 0. The van der Waals surface area contributed by atoms with Crippen LogP contribution in [-0.4, -0.2) is 5.91 Å². The Bertz CT molecular complexity index is 481. The van der Waals surface area contributed by atoms with Crippen LogP contribution >= 0.6 is 0 Å². The van der Waals surface area contributed by atoms with Gasteiger partial charge in [0.05, 0.1) is 0 Å². The first-order chi connectivity index (χ1) is 13.9. The fourth-order valence-electron chi connectivity index (χ4n) is 3.82. The maximum atomic E-state index is 10.4. The molecule has 3 heteroatoms. The molecule has 1 N–H and O–H groups in total. The Morgan fingerprint density at radius 2 is 1.13 bits per heavy atom. The first kappa shape index (κ1) is 31.8. The Morgan fingerprint density at radius 3 is 1.37 bits per heavy atom. The third-order valence-electron chi connectivity index (χ3n) is 6.24. The fraction of sp³-hybridized carbons (Fsp3) is 0.815. The topological polar surface area (TPSA) is 40.9 Å². The van der Waals surface area contributed by atoms with E-state index in [0.29, 0.717) is 12.3 Å². The average Bonchev–Trinajstić information content (AvgIpc) is 2.90. The van der Waals surface area contributed by atoms with E-state index in [1.807, 2.05) is 0 Å². The van der Waals surface area contributed by atoms with Crippen LogP contribution in [0.1, 0.15) is 137 Å². The van der Waals surface area contributed by atoms with Crippen LogP contribution in [0.15, 0.2) is 16.7 Å². The van der Waals surface area contributed by atoms with Gasteiger partial charge >= 0.3 is 21.7 Å². The largest absolute Gasteiger partial charge is 2.00 e. The Hall–Kier alpha value is -0.336. The normalized spacial score (nSPS) is 15.4. The number of rotatable bonds is 16. The second-order valence-corrected chi connectivity index (χ2v) is 8.92. The van der Waals surface area contributed by atoms with Crippen LogP contribution in [0.4, 0.5) is 0 Å². The summed E-state index contributed by atoms with van der Waals surface area (Å²) in [5.74, 6) is 0.157. The van der Waals surface area contributed by atoms with E-state index in [-0.39, 0.29) is 21.7 Å². The smallest absolute Gasteiger partial charge is 0.668 e. The fourth-order valence-corrected chi connectivity index (χ4v) is 3.82. The monoisotopic (exact) mass is 451 g/mol. The second-order valence-electron chi connectivity index (χ2n) is 8.92. The molecule has 172 valence electrons. The zero-order valence-corrected chi connectivity index (χ0v) is 22.4. The van der Waals surface area contributed by atoms with Crippen LogP contribution in [0, 0.1) is 12.0 Å². The predicted octanol–water partition coefficient (Wildman–Crippen LogP) is 9.55. The van der Waals surface area contributed by atoms with Gasteiger partial charge in [-0.3, -0.25) is 6.08 Å². The van der Waals surface area contributed by atoms with Crippen molar-refractivity contribution in [2.75, 3.05) is 0 Å². The third-order valence-corrected chi connectivity index (χ3v) is 6.24. The van der Waals surface area contributed by atoms with Crippen LogP contribution in [0.5, 0.6) is 0 Å². The summed E-state index contributed by atoms with van der Waals surface area (Å²) in [7, 11) is 0. The maximum absolute atomic E-state index is 10.4. The molecular formula is C27H49NOTi. The molecule has 1 aliphatic rings. The van der Waals surface area contributed by atoms with E-state index < -0.39 is 5.91 Å². The van der Waals surface area contributed by atoms with Crippen molar-refractivity contribution in [2.24, 2.45) is 5.92 Å². The first-order valence-electron chi connectivity index (χ1n) is 12.4. The van der Waals surface area contributed by atoms with E-state index in [1.54, 1.807) is 0 Å². The molecule has 1 amide bonds. The summed E-state index contributed by atoms with van der Waals surface area (Å²) in [6.45, 7) is 10.9. The molecule has 0 aliphatic heterocycles. The van der Waals surface area contributed by atoms with Gasteiger partial charge in [-0.1, -0.05) is 124 Å². The molecule has 0 heterocycles. The quantitative estimate of drug-likeness (QED) is 0.131. The first-order valence-corrected chi connectivity index (χ1v) is 12.4. The molecule has 1 aliphatic carbocycles. The number of nitrogens with one attached hydrogen (secondary N) is 1. The summed E-state index contributed by atoms with van der Waals surface area (Å²) >= 11 is 0. The van der Waals surface area contributed by atoms with Gasteiger partial charge in [0.1, 0.15) is 0 Å². The summed E-state index contributed by atoms with van der Waals surface area (Å²) in [5, 5.41) is 0. The molecule has 1 atom stereocenters.